The summed E-state index contributed by atoms with van der Waals surface area (Å²) in [4.78, 5) is 10.3. The van der Waals surface area contributed by atoms with Gasteiger partial charge in [-0.1, -0.05) is 28.6 Å². The Morgan fingerprint density at radius 3 is 2.88 bits per heavy atom. The molecule has 0 aliphatic rings. The van der Waals surface area contributed by atoms with Gasteiger partial charge in [-0.05, 0) is 18.7 Å². The van der Waals surface area contributed by atoms with Gasteiger partial charge < -0.3 is 10.1 Å². The molecular weight excluding hydrogens is 288 g/mol. The molecule has 0 spiro atoms. The smallest absolute Gasteiger partial charge is 0.310 e. The number of benzene rings is 1. The molecule has 0 unspecified atom stereocenters. The summed E-state index contributed by atoms with van der Waals surface area (Å²) in [5, 5.41) is 13.8. The average Bonchev–Trinajstić information content (AvgIpc) is 2.26. The molecular formula is C11H13BrN2O3. The Bertz CT molecular complexity index is 435. The maximum Gasteiger partial charge on any atom is 0.310 e. The number of halogens is 1. The molecule has 0 radical (unpaired) electrons. The highest BCUT2D eigenvalue weighted by Crippen LogP contribution is 2.28. The average molecular weight is 301 g/mol. The summed E-state index contributed by atoms with van der Waals surface area (Å²) in [7, 11) is 1.81. The lowest BCUT2D eigenvalue weighted by atomic mass is 10.2. The number of nitro benzene ring substituents is 1. The third kappa shape index (κ3) is 4.16. The van der Waals surface area contributed by atoms with Crippen molar-refractivity contribution in [2.45, 2.75) is 6.54 Å². The van der Waals surface area contributed by atoms with Crippen molar-refractivity contribution in [1.82, 2.24) is 5.32 Å². The Hall–Kier alpha value is -1.40. The van der Waals surface area contributed by atoms with Gasteiger partial charge in [0.2, 0.25) is 0 Å². The Morgan fingerprint density at radius 2 is 2.35 bits per heavy atom. The normalized spacial score (nSPS) is 10.0. The molecule has 0 saturated heterocycles. The highest BCUT2D eigenvalue weighted by molar-refractivity contribution is 9.11. The standard InChI is InChI=1S/C11H13BrN2O3/c1-8(12)7-17-11-5-9(6-13-2)3-4-10(11)14(15)16/h3-5,13H,1,6-7H2,2H3. The van der Waals surface area contributed by atoms with E-state index in [-0.39, 0.29) is 18.0 Å². The second-order valence-corrected chi connectivity index (χ2v) is 4.52. The number of ether oxygens (including phenoxy) is 1. The van der Waals surface area contributed by atoms with Gasteiger partial charge in [0.1, 0.15) is 6.61 Å². The van der Waals surface area contributed by atoms with E-state index in [9.17, 15) is 10.1 Å². The highest BCUT2D eigenvalue weighted by Gasteiger charge is 2.15. The van der Waals surface area contributed by atoms with Crippen LogP contribution in [0.2, 0.25) is 0 Å². The van der Waals surface area contributed by atoms with E-state index in [2.05, 4.69) is 27.8 Å². The van der Waals surface area contributed by atoms with E-state index in [0.29, 0.717) is 11.0 Å². The van der Waals surface area contributed by atoms with Gasteiger partial charge in [0.05, 0.1) is 4.92 Å². The molecule has 0 bridgehead atoms. The molecule has 0 fully saturated rings. The van der Waals surface area contributed by atoms with Gasteiger partial charge in [0, 0.05) is 17.1 Å². The van der Waals surface area contributed by atoms with E-state index in [4.69, 9.17) is 4.74 Å². The van der Waals surface area contributed by atoms with Crippen LogP contribution in [-0.4, -0.2) is 18.6 Å². The van der Waals surface area contributed by atoms with Crippen LogP contribution in [0.5, 0.6) is 5.75 Å². The topological polar surface area (TPSA) is 64.4 Å². The first-order chi connectivity index (χ1) is 8.04. The first kappa shape index (κ1) is 13.7. The van der Waals surface area contributed by atoms with E-state index in [0.717, 1.165) is 5.56 Å². The van der Waals surface area contributed by atoms with Gasteiger partial charge in [0.15, 0.2) is 5.75 Å². The summed E-state index contributed by atoms with van der Waals surface area (Å²) in [5.41, 5.74) is 0.881. The lowest BCUT2D eigenvalue weighted by Gasteiger charge is -2.08. The number of hydrogen-bond donors (Lipinski definition) is 1. The summed E-state index contributed by atoms with van der Waals surface area (Å²) in [5.74, 6) is 0.253. The molecule has 1 N–H and O–H groups in total. The van der Waals surface area contributed by atoms with Gasteiger partial charge in [0.25, 0.3) is 0 Å². The molecule has 17 heavy (non-hydrogen) atoms. The number of rotatable bonds is 6. The molecule has 1 aromatic rings. The molecule has 0 aliphatic carbocycles. The molecule has 5 nitrogen and oxygen atoms in total. The van der Waals surface area contributed by atoms with Gasteiger partial charge in [-0.25, -0.2) is 0 Å². The minimum absolute atomic E-state index is 0.0430. The lowest BCUT2D eigenvalue weighted by molar-refractivity contribution is -0.385. The molecule has 0 aliphatic heterocycles. The fraction of sp³-hybridized carbons (Fsp3) is 0.273. The molecule has 0 saturated carbocycles. The Labute approximate surface area is 108 Å². The monoisotopic (exact) mass is 300 g/mol. The third-order valence-corrected chi connectivity index (χ3v) is 2.22. The van der Waals surface area contributed by atoms with Crippen LogP contribution in [0.15, 0.2) is 29.3 Å². The highest BCUT2D eigenvalue weighted by atomic mass is 79.9. The summed E-state index contributed by atoms with van der Waals surface area (Å²) in [6, 6.07) is 4.80. The molecule has 0 atom stereocenters. The number of hydrogen-bond acceptors (Lipinski definition) is 4. The van der Waals surface area contributed by atoms with Crippen molar-refractivity contribution in [2.75, 3.05) is 13.7 Å². The van der Waals surface area contributed by atoms with Crippen molar-refractivity contribution in [3.05, 3.63) is 44.9 Å². The number of nitro groups is 1. The largest absolute Gasteiger partial charge is 0.481 e. The van der Waals surface area contributed by atoms with Crippen molar-refractivity contribution in [3.8, 4) is 5.75 Å². The maximum absolute atomic E-state index is 10.8. The second kappa shape index (κ2) is 6.36. The van der Waals surface area contributed by atoms with E-state index in [1.165, 1.54) is 6.07 Å². The van der Waals surface area contributed by atoms with E-state index in [1.54, 1.807) is 12.1 Å². The summed E-state index contributed by atoms with van der Waals surface area (Å²) < 4.78 is 5.96. The number of nitrogens with zero attached hydrogens (tertiary/aromatic N) is 1. The van der Waals surface area contributed by atoms with Gasteiger partial charge in [-0.2, -0.15) is 0 Å². The van der Waals surface area contributed by atoms with E-state index >= 15 is 0 Å². The molecule has 6 heteroatoms. The first-order valence-electron chi connectivity index (χ1n) is 4.92. The van der Waals surface area contributed by atoms with Crippen LogP contribution in [0.3, 0.4) is 0 Å². The minimum atomic E-state index is -0.463. The second-order valence-electron chi connectivity index (χ2n) is 3.40. The van der Waals surface area contributed by atoms with Crippen molar-refractivity contribution in [2.24, 2.45) is 0 Å². The Kier molecular flexibility index (Phi) is 5.11. The first-order valence-corrected chi connectivity index (χ1v) is 5.72. The van der Waals surface area contributed by atoms with E-state index < -0.39 is 4.92 Å². The predicted molar refractivity (Wildman–Crippen MR) is 69.4 cm³/mol. The van der Waals surface area contributed by atoms with Gasteiger partial charge >= 0.3 is 5.69 Å². The Balaban J connectivity index is 2.98. The molecule has 0 heterocycles. The quantitative estimate of drug-likeness (QED) is 0.648. The van der Waals surface area contributed by atoms with Crippen LogP contribution in [0.25, 0.3) is 0 Å². The third-order valence-electron chi connectivity index (χ3n) is 1.99. The van der Waals surface area contributed by atoms with Crippen LogP contribution in [-0.2, 0) is 6.54 Å². The molecule has 0 amide bonds. The lowest BCUT2D eigenvalue weighted by Crippen LogP contribution is -2.06. The summed E-state index contributed by atoms with van der Waals surface area (Å²) in [6.07, 6.45) is 0. The van der Waals surface area contributed by atoms with Crippen molar-refractivity contribution < 1.29 is 9.66 Å². The maximum atomic E-state index is 10.8. The van der Waals surface area contributed by atoms with Gasteiger partial charge in [-0.15, -0.1) is 0 Å². The molecule has 1 rings (SSSR count). The van der Waals surface area contributed by atoms with Crippen LogP contribution in [0, 0.1) is 10.1 Å². The van der Waals surface area contributed by atoms with Crippen LogP contribution >= 0.6 is 15.9 Å². The van der Waals surface area contributed by atoms with Crippen molar-refractivity contribution in [1.29, 1.82) is 0 Å². The molecule has 92 valence electrons. The zero-order chi connectivity index (χ0) is 12.8. The van der Waals surface area contributed by atoms with Crippen LogP contribution in [0.4, 0.5) is 5.69 Å². The minimum Gasteiger partial charge on any atom is -0.481 e. The summed E-state index contributed by atoms with van der Waals surface area (Å²) in [6.45, 7) is 4.44. The van der Waals surface area contributed by atoms with Gasteiger partial charge in [-0.3, -0.25) is 10.1 Å². The van der Waals surface area contributed by atoms with Crippen molar-refractivity contribution >= 4 is 21.6 Å². The Morgan fingerprint density at radius 1 is 1.65 bits per heavy atom. The molecule has 1 aromatic carbocycles. The van der Waals surface area contributed by atoms with Crippen molar-refractivity contribution in [3.63, 3.8) is 0 Å². The summed E-state index contributed by atoms with van der Waals surface area (Å²) >= 11 is 3.14. The fourth-order valence-corrected chi connectivity index (χ4v) is 1.41. The van der Waals surface area contributed by atoms with Crippen LogP contribution in [0.1, 0.15) is 5.56 Å². The van der Waals surface area contributed by atoms with E-state index in [1.807, 2.05) is 7.05 Å². The zero-order valence-electron chi connectivity index (χ0n) is 9.40. The predicted octanol–water partition coefficient (Wildman–Crippen LogP) is 2.60. The zero-order valence-corrected chi connectivity index (χ0v) is 11.0. The fourth-order valence-electron chi connectivity index (χ4n) is 1.30. The number of nitrogens with one attached hydrogen (secondary N) is 1. The van der Waals surface area contributed by atoms with Crippen LogP contribution < -0.4 is 10.1 Å². The molecule has 0 aromatic heterocycles. The SMILES string of the molecule is C=C(Br)COc1cc(CNC)ccc1[N+](=O)[O-].